The number of aromatic nitrogens is 9. The summed E-state index contributed by atoms with van der Waals surface area (Å²) in [4.78, 5) is 125. The number of carbonyl (C=O) groups is 3. The minimum Gasteiger partial charge on any atom is -0.381 e. The molecule has 6 aromatic carbocycles. The van der Waals surface area contributed by atoms with Crippen LogP contribution < -0.4 is 54.0 Å². The summed E-state index contributed by atoms with van der Waals surface area (Å²) < 4.78 is 22.8. The molecule has 3 aliphatic carbocycles. The SMILES string of the molecule is CONC(=O)c1cn(-c2ccc3c(c2)CCC3)c2nc(Nc3ccc(C4CCNCC4)cc3)ncc2c1=O.CONC(=O)c1cn(-c2ccc3c(c2)CCC3)c2nc(Nc3ccc(CCN(C)C4CCOCC4)cc3)ncc2c1=O.CONC(=O)c1cn(-c2ccc3c(c2)CCC3)c2nc(Nc3ccc(CCN4CCC5(CC4)OCCCO5)cc3)ncc2c1=O. The van der Waals surface area contributed by atoms with Crippen LogP contribution in [-0.4, -0.2) is 177 Å². The highest BCUT2D eigenvalue weighted by Gasteiger charge is 2.38. The van der Waals surface area contributed by atoms with Crippen LogP contribution in [0.2, 0.25) is 0 Å². The topological polar surface area (TPSA) is 341 Å². The number of hydrogen-bond acceptors (Lipinski definition) is 24. The lowest BCUT2D eigenvalue weighted by Crippen LogP contribution is -2.50. The molecule has 4 fully saturated rings. The van der Waals surface area contributed by atoms with Crippen LogP contribution in [0.25, 0.3) is 50.2 Å². The number of anilines is 6. The Balaban J connectivity index is 0.000000133. The minimum absolute atomic E-state index is 0.0438. The smallest absolute Gasteiger partial charge is 0.280 e. The van der Waals surface area contributed by atoms with Crippen molar-refractivity contribution < 1.29 is 43.1 Å². The van der Waals surface area contributed by atoms with Crippen LogP contribution in [0.3, 0.4) is 0 Å². The molecule has 0 radical (unpaired) electrons. The number of amides is 3. The number of hydrogen-bond donors (Lipinski definition) is 7. The van der Waals surface area contributed by atoms with Gasteiger partial charge in [-0.2, -0.15) is 15.0 Å². The van der Waals surface area contributed by atoms with Crippen LogP contribution in [0, 0.1) is 0 Å². The molecule has 1 spiro atoms. The van der Waals surface area contributed by atoms with E-state index in [0.717, 1.165) is 215 Å². The van der Waals surface area contributed by atoms with Crippen LogP contribution in [-0.2, 0) is 80.1 Å². The van der Waals surface area contributed by atoms with Gasteiger partial charge in [-0.3, -0.25) is 43.3 Å². The number of benzene rings is 6. The fraction of sp³-hybridized carbons (Fsp3) is 0.368. The molecule has 12 aromatic rings. The molecular weight excluding hydrogens is 1590 g/mol. The molecule has 19 rings (SSSR count). The quantitative estimate of drug-likeness (QED) is 0.0293. The number of piperidine rings is 2. The van der Waals surface area contributed by atoms with Gasteiger partial charge in [0.15, 0.2) is 22.7 Å². The van der Waals surface area contributed by atoms with Crippen molar-refractivity contribution >= 4 is 85.7 Å². The van der Waals surface area contributed by atoms with Crippen LogP contribution >= 0.6 is 0 Å². The fourth-order valence-electron chi connectivity index (χ4n) is 18.0. The van der Waals surface area contributed by atoms with Crippen LogP contribution in [0.1, 0.15) is 151 Å². The second kappa shape index (κ2) is 38.8. The number of rotatable bonds is 23. The van der Waals surface area contributed by atoms with Crippen molar-refractivity contribution in [3.63, 3.8) is 0 Å². The van der Waals surface area contributed by atoms with Crippen LogP contribution in [0.5, 0.6) is 0 Å². The molecule has 4 saturated heterocycles. The third-order valence-corrected chi connectivity index (χ3v) is 25.0. The first-order chi connectivity index (χ1) is 61.1. The number of ether oxygens (including phenoxy) is 3. The van der Waals surface area contributed by atoms with E-state index in [4.69, 9.17) is 43.7 Å². The zero-order valence-corrected chi connectivity index (χ0v) is 70.9. The van der Waals surface area contributed by atoms with Gasteiger partial charge < -0.3 is 59.0 Å². The summed E-state index contributed by atoms with van der Waals surface area (Å²) in [5, 5.41) is 14.0. The summed E-state index contributed by atoms with van der Waals surface area (Å²) >= 11 is 0. The van der Waals surface area contributed by atoms with Crippen molar-refractivity contribution in [1.82, 2.24) is 75.2 Å². The van der Waals surface area contributed by atoms with Crippen molar-refractivity contribution in [2.75, 3.05) is 110 Å². The summed E-state index contributed by atoms with van der Waals surface area (Å²) in [6.45, 7) is 9.34. The highest BCUT2D eigenvalue weighted by molar-refractivity contribution is 5.98. The van der Waals surface area contributed by atoms with Crippen molar-refractivity contribution in [2.24, 2.45) is 0 Å². The number of likely N-dealkylation sites (tertiary alicyclic amines) is 1. The Kier molecular flexibility index (Phi) is 26.3. The Morgan fingerprint density at radius 3 is 1.26 bits per heavy atom. The standard InChI is InChI=1S/C34H38N6O5.C32H36N6O4.C29H30N6O3/c1-43-38-32(42)29-22-40(27-11-8-24-4-2-5-25(24)20-27)31-28(30(29)41)21-35-33(37-31)36-26-9-6-23(7-10-26)12-15-39-16-13-34(14-17-39)44-18-3-19-45-34;1-37(25-13-16-42-17-14-25)15-12-21-6-9-24(10-7-21)34-32-33-19-27-29(39)28(31(40)36-41-2)20-38(30(27)35-32)26-11-8-22-4-3-5-23(22)18-26;1-38-34-28(37)25-17-35(23-10-7-18-3-2-4-21(18)15-23)27-24(26(25)36)16-31-29(33-27)32-22-8-5-19(6-9-22)20-11-13-30-14-12-20/h6-11,20-22H,2-5,12-19H2,1H3,(H,38,42)(H,35,36,37);6-11,18-20,25H,3-5,12-17H2,1-2H3,(H,36,40)(H,33,34,35);5-10,15-17,20,30H,2-4,11-14H2,1H3,(H,34,37)(H,31,32,33). The van der Waals surface area contributed by atoms with Gasteiger partial charge in [0.05, 0.1) is 50.7 Å². The number of hydroxylamine groups is 3. The lowest BCUT2D eigenvalue weighted by Gasteiger charge is -2.43. The highest BCUT2D eigenvalue weighted by atomic mass is 16.7. The number of carbonyl (C=O) groups excluding carboxylic acids is 3. The second-order valence-electron chi connectivity index (χ2n) is 32.9. The average Bonchev–Trinajstić information content (AvgIpc) is 1.56. The van der Waals surface area contributed by atoms with E-state index in [1.807, 2.05) is 54.6 Å². The predicted molar refractivity (Wildman–Crippen MR) is 478 cm³/mol. The summed E-state index contributed by atoms with van der Waals surface area (Å²) in [6, 6.07) is 44.2. The minimum atomic E-state index is -0.627. The van der Waals surface area contributed by atoms with E-state index in [0.29, 0.717) is 46.7 Å². The summed E-state index contributed by atoms with van der Waals surface area (Å²) in [5.41, 5.74) is 23.2. The van der Waals surface area contributed by atoms with Crippen molar-refractivity contribution in [1.29, 1.82) is 0 Å². The second-order valence-corrected chi connectivity index (χ2v) is 32.9. The van der Waals surface area contributed by atoms with E-state index in [9.17, 15) is 28.8 Å². The molecule has 30 heteroatoms. The molecule has 7 aliphatic rings. The van der Waals surface area contributed by atoms with E-state index in [1.165, 1.54) is 109 Å². The van der Waals surface area contributed by atoms with Crippen LogP contribution in [0.4, 0.5) is 34.9 Å². The molecular formula is C95H104N18O12. The van der Waals surface area contributed by atoms with Crippen molar-refractivity contribution in [2.45, 2.75) is 133 Å². The molecule has 30 nitrogen and oxygen atoms in total. The van der Waals surface area contributed by atoms with Crippen LogP contribution in [0.15, 0.2) is 179 Å². The average molecular weight is 1690 g/mol. The van der Waals surface area contributed by atoms with Crippen molar-refractivity contribution in [3.8, 4) is 17.1 Å². The third-order valence-electron chi connectivity index (χ3n) is 25.0. The summed E-state index contributed by atoms with van der Waals surface area (Å²) in [6.07, 6.45) is 27.8. The summed E-state index contributed by atoms with van der Waals surface area (Å²) in [5.74, 6) is -0.567. The molecule has 6 aromatic heterocycles. The van der Waals surface area contributed by atoms with Gasteiger partial charge in [-0.1, -0.05) is 54.6 Å². The largest absolute Gasteiger partial charge is 0.381 e. The van der Waals surface area contributed by atoms with Gasteiger partial charge in [0.25, 0.3) is 17.7 Å². The van der Waals surface area contributed by atoms with Gasteiger partial charge in [-0.15, -0.1) is 0 Å². The Morgan fingerprint density at radius 1 is 0.472 bits per heavy atom. The first kappa shape index (κ1) is 84.8. The van der Waals surface area contributed by atoms with E-state index < -0.39 is 34.0 Å². The molecule has 0 atom stereocenters. The van der Waals surface area contributed by atoms with Crippen molar-refractivity contribution in [3.05, 3.63) is 262 Å². The zero-order valence-electron chi connectivity index (χ0n) is 70.9. The van der Waals surface area contributed by atoms with Gasteiger partial charge >= 0.3 is 0 Å². The maximum absolute atomic E-state index is 13.3. The lowest BCUT2D eigenvalue weighted by atomic mass is 9.90. The Labute approximate surface area is 722 Å². The monoisotopic (exact) mass is 1690 g/mol. The van der Waals surface area contributed by atoms with E-state index in [1.54, 1.807) is 13.7 Å². The number of pyridine rings is 3. The molecule has 0 saturated carbocycles. The van der Waals surface area contributed by atoms with Gasteiger partial charge in [-0.05, 0) is 252 Å². The molecule has 646 valence electrons. The van der Waals surface area contributed by atoms with E-state index >= 15 is 0 Å². The predicted octanol–water partition coefficient (Wildman–Crippen LogP) is 11.8. The Hall–Kier alpha value is -12.4. The number of nitrogens with one attached hydrogen (secondary N) is 7. The molecule has 4 aliphatic heterocycles. The maximum atomic E-state index is 13.3. The molecule has 125 heavy (non-hydrogen) atoms. The molecule has 0 unspecified atom stereocenters. The molecule has 10 heterocycles. The first-order valence-corrected chi connectivity index (χ1v) is 43.3. The lowest BCUT2D eigenvalue weighted by molar-refractivity contribution is -0.283. The highest BCUT2D eigenvalue weighted by Crippen LogP contribution is 2.35. The fourth-order valence-corrected chi connectivity index (χ4v) is 18.0. The first-order valence-electron chi connectivity index (χ1n) is 43.3. The number of aryl methyl sites for hydroxylation is 6. The number of likely N-dealkylation sites (N-methyl/N-ethyl adjacent to an activating group) is 1. The summed E-state index contributed by atoms with van der Waals surface area (Å²) in [7, 11) is 6.19. The Morgan fingerprint density at radius 2 is 0.856 bits per heavy atom. The molecule has 0 bridgehead atoms. The molecule has 3 amide bonds. The maximum Gasteiger partial charge on any atom is 0.280 e. The zero-order chi connectivity index (χ0) is 85.9. The van der Waals surface area contributed by atoms with E-state index in [2.05, 4.69) is 142 Å². The van der Waals surface area contributed by atoms with Gasteiger partial charge in [0.1, 0.15) is 16.7 Å². The normalized spacial score (nSPS) is 16.2. The molecule has 7 N–H and O–H groups in total. The number of fused-ring (bicyclic) bond motifs is 6. The third kappa shape index (κ3) is 19.5. The van der Waals surface area contributed by atoms with Gasteiger partial charge in [0.2, 0.25) is 34.1 Å². The van der Waals surface area contributed by atoms with Gasteiger partial charge in [0, 0.05) is 130 Å². The van der Waals surface area contributed by atoms with Gasteiger partial charge in [-0.25, -0.2) is 31.4 Å². The number of nitrogens with zero attached hydrogens (tertiary/aromatic N) is 11. The van der Waals surface area contributed by atoms with E-state index in [-0.39, 0.29) is 38.6 Å². The Bertz CT molecular complexity index is 6140.